The highest BCUT2D eigenvalue weighted by Crippen LogP contribution is 2.14. The fourth-order valence-electron chi connectivity index (χ4n) is 1.12. The molecule has 0 aliphatic carbocycles. The minimum absolute atomic E-state index is 0.306. The number of hydrogen-bond acceptors (Lipinski definition) is 1. The van der Waals surface area contributed by atoms with E-state index >= 15 is 0 Å². The lowest BCUT2D eigenvalue weighted by Gasteiger charge is -1.89. The molecule has 0 aromatic carbocycles. The van der Waals surface area contributed by atoms with E-state index in [1.807, 2.05) is 27.0 Å². The van der Waals surface area contributed by atoms with Crippen LogP contribution < -0.4 is 0 Å². The molecule has 2 heterocycles. The van der Waals surface area contributed by atoms with Gasteiger partial charge in [-0.1, -0.05) is 13.8 Å². The number of nitrogens with one attached hydrogen (secondary N) is 1. The molecule has 13 heavy (non-hydrogen) atoms. The number of fused-ring (bicyclic) bond motifs is 1. The van der Waals surface area contributed by atoms with Gasteiger partial charge in [0, 0.05) is 12.3 Å². The Morgan fingerprint density at radius 1 is 1.38 bits per heavy atom. The van der Waals surface area contributed by atoms with E-state index in [0.717, 1.165) is 16.6 Å². The molecular formula is C10H13FN2. The van der Waals surface area contributed by atoms with Gasteiger partial charge in [0.25, 0.3) is 0 Å². The van der Waals surface area contributed by atoms with E-state index in [9.17, 15) is 4.39 Å². The molecule has 2 aromatic heterocycles. The summed E-state index contributed by atoms with van der Waals surface area (Å²) >= 11 is 0. The van der Waals surface area contributed by atoms with Crippen LogP contribution in [-0.4, -0.2) is 9.97 Å². The van der Waals surface area contributed by atoms with Crippen molar-refractivity contribution in [2.45, 2.75) is 20.8 Å². The smallest absolute Gasteiger partial charge is 0.143 e. The minimum atomic E-state index is -0.306. The fraction of sp³-hybridized carbons (Fsp3) is 0.300. The number of hydrogen-bond donors (Lipinski definition) is 1. The van der Waals surface area contributed by atoms with Crippen LogP contribution in [0.4, 0.5) is 4.39 Å². The van der Waals surface area contributed by atoms with Gasteiger partial charge < -0.3 is 4.98 Å². The molecule has 0 saturated heterocycles. The molecule has 0 amide bonds. The van der Waals surface area contributed by atoms with Crippen molar-refractivity contribution in [3.8, 4) is 0 Å². The molecular weight excluding hydrogens is 167 g/mol. The third-order valence-electron chi connectivity index (χ3n) is 1.67. The second-order valence-electron chi connectivity index (χ2n) is 2.52. The van der Waals surface area contributed by atoms with Crippen molar-refractivity contribution < 1.29 is 4.39 Å². The Hall–Kier alpha value is -1.38. The van der Waals surface area contributed by atoms with Crippen LogP contribution in [-0.2, 0) is 0 Å². The maximum atomic E-state index is 12.6. The summed E-state index contributed by atoms with van der Waals surface area (Å²) in [5.74, 6) is -0.306. The lowest BCUT2D eigenvalue weighted by atomic mass is 10.3. The summed E-state index contributed by atoms with van der Waals surface area (Å²) < 4.78 is 12.6. The van der Waals surface area contributed by atoms with Crippen molar-refractivity contribution in [2.75, 3.05) is 0 Å². The summed E-state index contributed by atoms with van der Waals surface area (Å²) in [6, 6.07) is 1.44. The van der Waals surface area contributed by atoms with Crippen LogP contribution in [0.3, 0.4) is 0 Å². The Kier molecular flexibility index (Phi) is 3.01. The van der Waals surface area contributed by atoms with E-state index in [1.165, 1.54) is 12.3 Å². The molecule has 2 nitrogen and oxygen atoms in total. The van der Waals surface area contributed by atoms with Gasteiger partial charge in [-0.25, -0.2) is 4.39 Å². The molecule has 0 fully saturated rings. The standard InChI is InChI=1S/C8H7FN2.C2H6/c1-5-3-10-7-2-6(9)4-11-8(5)7;1-2/h2-4,10H,1H3;1-2H3. The van der Waals surface area contributed by atoms with Gasteiger partial charge >= 0.3 is 0 Å². The molecule has 0 saturated carbocycles. The molecule has 0 radical (unpaired) electrons. The molecule has 0 atom stereocenters. The zero-order valence-electron chi connectivity index (χ0n) is 8.06. The second kappa shape index (κ2) is 4.03. The highest BCUT2D eigenvalue weighted by Gasteiger charge is 2.00. The van der Waals surface area contributed by atoms with Gasteiger partial charge in [0.2, 0.25) is 0 Å². The van der Waals surface area contributed by atoms with E-state index in [0.29, 0.717) is 0 Å². The first kappa shape index (κ1) is 9.71. The van der Waals surface area contributed by atoms with E-state index in [-0.39, 0.29) is 5.82 Å². The third-order valence-corrected chi connectivity index (χ3v) is 1.67. The Bertz CT molecular complexity index is 393. The summed E-state index contributed by atoms with van der Waals surface area (Å²) in [7, 11) is 0. The molecule has 2 aromatic rings. The van der Waals surface area contributed by atoms with Gasteiger partial charge in [-0.15, -0.1) is 0 Å². The number of aryl methyl sites for hydroxylation is 1. The Morgan fingerprint density at radius 2 is 2.08 bits per heavy atom. The highest BCUT2D eigenvalue weighted by molar-refractivity contribution is 5.78. The lowest BCUT2D eigenvalue weighted by molar-refractivity contribution is 0.624. The van der Waals surface area contributed by atoms with E-state index < -0.39 is 0 Å². The van der Waals surface area contributed by atoms with Crippen LogP contribution in [0.25, 0.3) is 11.0 Å². The third kappa shape index (κ3) is 1.86. The van der Waals surface area contributed by atoms with Crippen molar-refractivity contribution in [1.82, 2.24) is 9.97 Å². The van der Waals surface area contributed by atoms with Crippen LogP contribution in [0.1, 0.15) is 19.4 Å². The summed E-state index contributed by atoms with van der Waals surface area (Å²) in [5.41, 5.74) is 2.63. The van der Waals surface area contributed by atoms with Gasteiger partial charge in [-0.3, -0.25) is 4.98 Å². The van der Waals surface area contributed by atoms with Crippen molar-refractivity contribution in [3.63, 3.8) is 0 Å². The molecule has 0 aliphatic heterocycles. The van der Waals surface area contributed by atoms with E-state index in [4.69, 9.17) is 0 Å². The normalized spacial score (nSPS) is 9.54. The highest BCUT2D eigenvalue weighted by atomic mass is 19.1. The topological polar surface area (TPSA) is 28.7 Å². The van der Waals surface area contributed by atoms with Gasteiger partial charge in [0.05, 0.1) is 17.2 Å². The van der Waals surface area contributed by atoms with E-state index in [1.54, 1.807) is 0 Å². The molecule has 0 bridgehead atoms. The number of pyridine rings is 1. The quantitative estimate of drug-likeness (QED) is 0.663. The Labute approximate surface area is 76.8 Å². The van der Waals surface area contributed by atoms with Crippen molar-refractivity contribution in [3.05, 3.63) is 29.8 Å². The number of H-pyrrole nitrogens is 1. The molecule has 70 valence electrons. The van der Waals surface area contributed by atoms with Crippen molar-refractivity contribution in [2.24, 2.45) is 0 Å². The fourth-order valence-corrected chi connectivity index (χ4v) is 1.12. The predicted molar refractivity (Wildman–Crippen MR) is 52.1 cm³/mol. The molecule has 0 spiro atoms. The molecule has 3 heteroatoms. The summed E-state index contributed by atoms with van der Waals surface area (Å²) in [5, 5.41) is 0. The lowest BCUT2D eigenvalue weighted by Crippen LogP contribution is -1.79. The van der Waals surface area contributed by atoms with Gasteiger partial charge in [0.1, 0.15) is 5.82 Å². The van der Waals surface area contributed by atoms with Crippen LogP contribution in [0.15, 0.2) is 18.5 Å². The first-order valence-electron chi connectivity index (χ1n) is 4.36. The number of rotatable bonds is 0. The molecule has 1 N–H and O–H groups in total. The van der Waals surface area contributed by atoms with Crippen molar-refractivity contribution >= 4 is 11.0 Å². The number of halogens is 1. The van der Waals surface area contributed by atoms with E-state index in [2.05, 4.69) is 9.97 Å². The monoisotopic (exact) mass is 180 g/mol. The average Bonchev–Trinajstić information content (AvgIpc) is 2.51. The second-order valence-corrected chi connectivity index (χ2v) is 2.52. The Morgan fingerprint density at radius 3 is 2.77 bits per heavy atom. The summed E-state index contributed by atoms with van der Waals surface area (Å²) in [4.78, 5) is 6.86. The minimum Gasteiger partial charge on any atom is -0.359 e. The number of aromatic amines is 1. The predicted octanol–water partition coefficient (Wildman–Crippen LogP) is 3.04. The zero-order chi connectivity index (χ0) is 9.84. The van der Waals surface area contributed by atoms with Gasteiger partial charge in [-0.05, 0) is 12.5 Å². The number of nitrogens with zero attached hydrogens (tertiary/aromatic N) is 1. The SMILES string of the molecule is CC.Cc1c[nH]c2cc(F)cnc12. The van der Waals surface area contributed by atoms with Crippen molar-refractivity contribution in [1.29, 1.82) is 0 Å². The largest absolute Gasteiger partial charge is 0.359 e. The van der Waals surface area contributed by atoms with Gasteiger partial charge in [0.15, 0.2) is 0 Å². The van der Waals surface area contributed by atoms with Crippen LogP contribution in [0.2, 0.25) is 0 Å². The maximum absolute atomic E-state index is 12.6. The maximum Gasteiger partial charge on any atom is 0.143 e. The first-order chi connectivity index (χ1) is 6.27. The first-order valence-corrected chi connectivity index (χ1v) is 4.36. The number of aromatic nitrogens is 2. The Balaban J connectivity index is 0.000000396. The average molecular weight is 180 g/mol. The summed E-state index contributed by atoms with van der Waals surface area (Å²) in [6.45, 7) is 5.93. The summed E-state index contributed by atoms with van der Waals surface area (Å²) in [6.07, 6.45) is 3.04. The van der Waals surface area contributed by atoms with Crippen LogP contribution >= 0.6 is 0 Å². The molecule has 0 unspecified atom stereocenters. The van der Waals surface area contributed by atoms with Gasteiger partial charge in [-0.2, -0.15) is 0 Å². The molecule has 2 rings (SSSR count). The van der Waals surface area contributed by atoms with Crippen LogP contribution in [0.5, 0.6) is 0 Å². The zero-order valence-corrected chi connectivity index (χ0v) is 8.06. The van der Waals surface area contributed by atoms with Crippen LogP contribution in [0, 0.1) is 12.7 Å². The molecule has 0 aliphatic rings.